The molecule has 0 radical (unpaired) electrons. The average Bonchev–Trinajstić information content (AvgIpc) is 3.40. The summed E-state index contributed by atoms with van der Waals surface area (Å²) in [7, 11) is 0. The molecule has 9 heteroatoms. The highest BCUT2D eigenvalue weighted by Gasteiger charge is 2.46. The van der Waals surface area contributed by atoms with Gasteiger partial charge in [-0.25, -0.2) is 4.39 Å². The number of benzene rings is 3. The molecule has 1 atom stereocenters. The van der Waals surface area contributed by atoms with Gasteiger partial charge in [-0.3, -0.25) is 14.5 Å². The molecule has 1 aromatic heterocycles. The van der Waals surface area contributed by atoms with Gasteiger partial charge in [-0.05, 0) is 61.0 Å². The Morgan fingerprint density at radius 3 is 2.40 bits per heavy atom. The minimum absolute atomic E-state index is 0.133. The van der Waals surface area contributed by atoms with Crippen LogP contribution in [0.5, 0.6) is 11.5 Å². The molecule has 2 heterocycles. The van der Waals surface area contributed by atoms with E-state index in [0.717, 1.165) is 23.5 Å². The van der Waals surface area contributed by atoms with Gasteiger partial charge in [0.1, 0.15) is 22.3 Å². The molecule has 174 valence electrons. The Balaban J connectivity index is 1.61. The molecule has 0 aliphatic carbocycles. The van der Waals surface area contributed by atoms with Crippen LogP contribution in [0.2, 0.25) is 0 Å². The number of hydrogen-bond acceptors (Lipinski definition) is 7. The van der Waals surface area contributed by atoms with E-state index >= 15 is 0 Å². The van der Waals surface area contributed by atoms with Gasteiger partial charge in [0.15, 0.2) is 11.5 Å². The van der Waals surface area contributed by atoms with Crippen molar-refractivity contribution in [2.24, 2.45) is 0 Å². The normalized spacial score (nSPS) is 15.5. The standard InChI is InChI=1S/C26H18FN3O4S/c1-15-28-29-26(35-15)30-22(17-6-5-9-20(14-17)34-19-7-3-2-4-8-19)21(24(32)25(30)33)23(31)16-10-12-18(27)13-11-16/h2-14,22,32H,1H3. The molecule has 0 bridgehead atoms. The summed E-state index contributed by atoms with van der Waals surface area (Å²) in [5.41, 5.74) is 0.526. The van der Waals surface area contributed by atoms with Crippen molar-refractivity contribution in [1.82, 2.24) is 10.2 Å². The number of carbonyl (C=O) groups excluding carboxylic acids is 2. The second-order valence-corrected chi connectivity index (χ2v) is 8.93. The summed E-state index contributed by atoms with van der Waals surface area (Å²) in [5.74, 6) is -1.47. The van der Waals surface area contributed by atoms with Crippen molar-refractivity contribution in [2.45, 2.75) is 13.0 Å². The number of nitrogens with zero attached hydrogens (tertiary/aromatic N) is 3. The van der Waals surface area contributed by atoms with E-state index in [0.29, 0.717) is 22.1 Å². The van der Waals surface area contributed by atoms with Crippen LogP contribution in [-0.4, -0.2) is 27.0 Å². The molecule has 1 amide bonds. The van der Waals surface area contributed by atoms with Crippen LogP contribution >= 0.6 is 11.3 Å². The van der Waals surface area contributed by atoms with E-state index in [4.69, 9.17) is 4.74 Å². The van der Waals surface area contributed by atoms with Gasteiger partial charge in [0.2, 0.25) is 5.13 Å². The first kappa shape index (κ1) is 22.4. The molecule has 35 heavy (non-hydrogen) atoms. The van der Waals surface area contributed by atoms with Gasteiger partial charge in [0, 0.05) is 5.56 Å². The maximum atomic E-state index is 13.5. The fraction of sp³-hybridized carbons (Fsp3) is 0.0769. The zero-order valence-electron chi connectivity index (χ0n) is 18.4. The maximum absolute atomic E-state index is 13.5. The fourth-order valence-electron chi connectivity index (χ4n) is 3.86. The first-order chi connectivity index (χ1) is 16.9. The van der Waals surface area contributed by atoms with Crippen LogP contribution in [-0.2, 0) is 4.79 Å². The number of rotatable bonds is 6. The van der Waals surface area contributed by atoms with Crippen LogP contribution in [0.4, 0.5) is 9.52 Å². The Hall–Kier alpha value is -4.37. The van der Waals surface area contributed by atoms with Crippen molar-refractivity contribution in [3.05, 3.63) is 112 Å². The number of aromatic nitrogens is 2. The minimum atomic E-state index is -0.994. The van der Waals surface area contributed by atoms with Gasteiger partial charge in [-0.2, -0.15) is 0 Å². The van der Waals surface area contributed by atoms with E-state index in [9.17, 15) is 19.1 Å². The van der Waals surface area contributed by atoms with E-state index in [-0.39, 0.29) is 16.3 Å². The highest BCUT2D eigenvalue weighted by Crippen LogP contribution is 2.43. The first-order valence-corrected chi connectivity index (χ1v) is 11.4. The molecular formula is C26H18FN3O4S. The number of Topliss-reactive ketones (excluding diaryl/α,β-unsaturated/α-hetero) is 1. The molecule has 4 aromatic rings. The molecule has 1 N–H and O–H groups in total. The Morgan fingerprint density at radius 1 is 1.00 bits per heavy atom. The van der Waals surface area contributed by atoms with Crippen molar-refractivity contribution < 1.29 is 23.8 Å². The highest BCUT2D eigenvalue weighted by molar-refractivity contribution is 7.15. The Morgan fingerprint density at radius 2 is 1.71 bits per heavy atom. The monoisotopic (exact) mass is 487 g/mol. The largest absolute Gasteiger partial charge is 0.503 e. The number of carbonyl (C=O) groups is 2. The lowest BCUT2D eigenvalue weighted by Gasteiger charge is -2.24. The summed E-state index contributed by atoms with van der Waals surface area (Å²) in [6, 6.07) is 20.0. The summed E-state index contributed by atoms with van der Waals surface area (Å²) in [4.78, 5) is 27.9. The number of halogens is 1. The maximum Gasteiger partial charge on any atom is 0.296 e. The molecule has 7 nitrogen and oxygen atoms in total. The molecule has 1 unspecified atom stereocenters. The topological polar surface area (TPSA) is 92.6 Å². The molecule has 0 spiro atoms. The summed E-state index contributed by atoms with van der Waals surface area (Å²) in [6.07, 6.45) is 0. The van der Waals surface area contributed by atoms with Gasteiger partial charge in [-0.1, -0.05) is 41.7 Å². The van der Waals surface area contributed by atoms with E-state index in [2.05, 4.69) is 10.2 Å². The number of aryl methyl sites for hydroxylation is 1. The van der Waals surface area contributed by atoms with Crippen molar-refractivity contribution >= 4 is 28.2 Å². The Labute approximate surface area is 203 Å². The number of ketones is 1. The first-order valence-electron chi connectivity index (χ1n) is 10.6. The molecule has 1 aliphatic heterocycles. The molecule has 0 saturated heterocycles. The number of amides is 1. The number of para-hydroxylation sites is 1. The van der Waals surface area contributed by atoms with Crippen LogP contribution in [0, 0.1) is 12.7 Å². The predicted molar refractivity (Wildman–Crippen MR) is 128 cm³/mol. The van der Waals surface area contributed by atoms with Crippen molar-refractivity contribution in [3.63, 3.8) is 0 Å². The van der Waals surface area contributed by atoms with Gasteiger partial charge < -0.3 is 9.84 Å². The zero-order chi connectivity index (χ0) is 24.5. The van der Waals surface area contributed by atoms with E-state index < -0.39 is 29.3 Å². The van der Waals surface area contributed by atoms with Crippen LogP contribution in [0.15, 0.2) is 90.2 Å². The Kier molecular flexibility index (Phi) is 5.84. The van der Waals surface area contributed by atoms with Crippen molar-refractivity contribution in [3.8, 4) is 11.5 Å². The molecule has 0 saturated carbocycles. The van der Waals surface area contributed by atoms with Crippen LogP contribution in [0.3, 0.4) is 0 Å². The fourth-order valence-corrected chi connectivity index (χ4v) is 4.58. The molecular weight excluding hydrogens is 469 g/mol. The summed E-state index contributed by atoms with van der Waals surface area (Å²) >= 11 is 1.16. The van der Waals surface area contributed by atoms with Crippen LogP contribution < -0.4 is 9.64 Å². The van der Waals surface area contributed by atoms with E-state index in [1.807, 2.05) is 18.2 Å². The van der Waals surface area contributed by atoms with Crippen molar-refractivity contribution in [2.75, 3.05) is 4.90 Å². The van der Waals surface area contributed by atoms with Gasteiger partial charge in [0.05, 0.1) is 11.6 Å². The SMILES string of the molecule is Cc1nnc(N2C(=O)C(O)=C(C(=O)c3ccc(F)cc3)C2c2cccc(Oc3ccccc3)c2)s1. The second kappa shape index (κ2) is 9.11. The van der Waals surface area contributed by atoms with E-state index in [1.54, 1.807) is 43.3 Å². The number of aliphatic hydroxyl groups excluding tert-OH is 1. The lowest BCUT2D eigenvalue weighted by atomic mass is 9.93. The summed E-state index contributed by atoms with van der Waals surface area (Å²) in [5, 5.41) is 19.7. The van der Waals surface area contributed by atoms with E-state index in [1.165, 1.54) is 17.0 Å². The highest BCUT2D eigenvalue weighted by atomic mass is 32.1. The second-order valence-electron chi connectivity index (χ2n) is 7.77. The lowest BCUT2D eigenvalue weighted by Crippen LogP contribution is -2.31. The smallest absolute Gasteiger partial charge is 0.296 e. The molecule has 5 rings (SSSR count). The molecule has 0 fully saturated rings. The lowest BCUT2D eigenvalue weighted by molar-refractivity contribution is -0.117. The zero-order valence-corrected chi connectivity index (χ0v) is 19.2. The van der Waals surface area contributed by atoms with Gasteiger partial charge >= 0.3 is 0 Å². The number of hydrogen-bond donors (Lipinski definition) is 1. The van der Waals surface area contributed by atoms with Crippen molar-refractivity contribution in [1.29, 1.82) is 0 Å². The summed E-state index contributed by atoms with van der Waals surface area (Å²) < 4.78 is 19.4. The van der Waals surface area contributed by atoms with Crippen LogP contribution in [0.25, 0.3) is 0 Å². The third-order valence-electron chi connectivity index (χ3n) is 5.43. The Bertz CT molecular complexity index is 1450. The number of aliphatic hydroxyl groups is 1. The van der Waals surface area contributed by atoms with Gasteiger partial charge in [-0.15, -0.1) is 10.2 Å². The van der Waals surface area contributed by atoms with Gasteiger partial charge in [0.25, 0.3) is 5.91 Å². The number of ether oxygens (including phenoxy) is 1. The average molecular weight is 488 g/mol. The quantitative estimate of drug-likeness (QED) is 0.358. The molecule has 1 aliphatic rings. The van der Waals surface area contributed by atoms with Crippen LogP contribution in [0.1, 0.15) is 27.0 Å². The number of anilines is 1. The summed E-state index contributed by atoms with van der Waals surface area (Å²) in [6.45, 7) is 1.74. The third kappa shape index (κ3) is 4.29. The molecule has 3 aromatic carbocycles. The minimum Gasteiger partial charge on any atom is -0.503 e. The third-order valence-corrected chi connectivity index (χ3v) is 6.27. The predicted octanol–water partition coefficient (Wildman–Crippen LogP) is 5.56.